The number of rotatable bonds is 2. The number of nitrogens with one attached hydrogen (secondary N) is 1. The molecule has 0 radical (unpaired) electrons. The van der Waals surface area contributed by atoms with E-state index >= 15 is 0 Å². The summed E-state index contributed by atoms with van der Waals surface area (Å²) in [4.78, 5) is 28.1. The second-order valence-electron chi connectivity index (χ2n) is 6.23. The van der Waals surface area contributed by atoms with Crippen LogP contribution in [0.25, 0.3) is 0 Å². The lowest BCUT2D eigenvalue weighted by Crippen LogP contribution is -2.39. The van der Waals surface area contributed by atoms with E-state index in [1.165, 1.54) is 4.90 Å². The molecule has 0 aromatic heterocycles. The maximum absolute atomic E-state index is 13.4. The summed E-state index contributed by atoms with van der Waals surface area (Å²) in [6.07, 6.45) is 0.562. The zero-order valence-corrected chi connectivity index (χ0v) is 15.2. The number of nitrogens with zero attached hydrogens (tertiary/aromatic N) is 2. The van der Waals surface area contributed by atoms with Gasteiger partial charge in [0.2, 0.25) is 0 Å². The number of carbonyl (C=O) groups excluding carboxylic acids is 2. The topological polar surface area (TPSA) is 52.7 Å². The molecule has 8 heteroatoms. The van der Waals surface area contributed by atoms with Gasteiger partial charge in [0.15, 0.2) is 0 Å². The van der Waals surface area contributed by atoms with Crippen LogP contribution in [-0.2, 0) is 0 Å². The molecule has 0 atom stereocenters. The average Bonchev–Trinajstić information content (AvgIpc) is 2.86. The molecule has 1 heterocycles. The van der Waals surface area contributed by atoms with Crippen LogP contribution in [0.3, 0.4) is 0 Å². The lowest BCUT2D eigenvalue weighted by atomic mass is 10.2. The summed E-state index contributed by atoms with van der Waals surface area (Å²) in [6.45, 7) is 1.46. The van der Waals surface area contributed by atoms with Gasteiger partial charge in [-0.2, -0.15) is 0 Å². The molecule has 3 amide bonds. The van der Waals surface area contributed by atoms with Gasteiger partial charge in [-0.3, -0.25) is 4.79 Å². The zero-order chi connectivity index (χ0) is 19.4. The van der Waals surface area contributed by atoms with Gasteiger partial charge in [0, 0.05) is 48.5 Å². The summed E-state index contributed by atoms with van der Waals surface area (Å²) in [7, 11) is 0. The van der Waals surface area contributed by atoms with Crippen LogP contribution in [0, 0.1) is 11.6 Å². The van der Waals surface area contributed by atoms with Gasteiger partial charge in [0.1, 0.15) is 11.6 Å². The summed E-state index contributed by atoms with van der Waals surface area (Å²) >= 11 is 5.91. The number of amides is 3. The van der Waals surface area contributed by atoms with Crippen molar-refractivity contribution in [3.05, 3.63) is 64.7 Å². The van der Waals surface area contributed by atoms with E-state index in [1.807, 2.05) is 0 Å². The highest BCUT2D eigenvalue weighted by Gasteiger charge is 2.23. The summed E-state index contributed by atoms with van der Waals surface area (Å²) in [5, 5.41) is 3.29. The fourth-order valence-corrected chi connectivity index (χ4v) is 3.14. The minimum absolute atomic E-state index is 0.0377. The van der Waals surface area contributed by atoms with Gasteiger partial charge in [-0.15, -0.1) is 0 Å². The van der Waals surface area contributed by atoms with Gasteiger partial charge >= 0.3 is 6.03 Å². The van der Waals surface area contributed by atoms with Crippen molar-refractivity contribution < 1.29 is 18.4 Å². The van der Waals surface area contributed by atoms with Crippen LogP contribution in [0.4, 0.5) is 19.3 Å². The SMILES string of the molecule is O=C(Nc1cccc(Cl)c1)N1CCCN(C(=O)c2cc(F)cc(F)c2)CC1. The third-order valence-corrected chi connectivity index (χ3v) is 4.49. The summed E-state index contributed by atoms with van der Waals surface area (Å²) < 4.78 is 26.7. The van der Waals surface area contributed by atoms with Crippen molar-refractivity contribution >= 4 is 29.2 Å². The zero-order valence-electron chi connectivity index (χ0n) is 14.4. The molecule has 2 aromatic rings. The van der Waals surface area contributed by atoms with E-state index in [0.717, 1.165) is 18.2 Å². The fourth-order valence-electron chi connectivity index (χ4n) is 2.95. The molecule has 0 unspecified atom stereocenters. The van der Waals surface area contributed by atoms with Crippen molar-refractivity contribution in [1.82, 2.24) is 9.80 Å². The highest BCUT2D eigenvalue weighted by atomic mass is 35.5. The van der Waals surface area contributed by atoms with E-state index in [9.17, 15) is 18.4 Å². The first kappa shape index (κ1) is 19.1. The molecule has 2 aromatic carbocycles. The Morgan fingerprint density at radius 1 is 0.926 bits per heavy atom. The number of carbonyl (C=O) groups is 2. The van der Waals surface area contributed by atoms with Gasteiger partial charge in [-0.05, 0) is 36.8 Å². The van der Waals surface area contributed by atoms with Crippen molar-refractivity contribution in [2.24, 2.45) is 0 Å². The lowest BCUT2D eigenvalue weighted by molar-refractivity contribution is 0.0761. The molecule has 0 spiro atoms. The van der Waals surface area contributed by atoms with Crippen molar-refractivity contribution in [2.45, 2.75) is 6.42 Å². The second kappa shape index (κ2) is 8.35. The van der Waals surface area contributed by atoms with Crippen molar-refractivity contribution in [3.8, 4) is 0 Å². The molecule has 142 valence electrons. The number of urea groups is 1. The van der Waals surface area contributed by atoms with Gasteiger partial charge in [-0.25, -0.2) is 13.6 Å². The Kier molecular flexibility index (Phi) is 5.91. The van der Waals surface area contributed by atoms with Crippen LogP contribution < -0.4 is 5.32 Å². The molecule has 1 fully saturated rings. The third kappa shape index (κ3) is 4.95. The van der Waals surface area contributed by atoms with E-state index in [-0.39, 0.29) is 18.1 Å². The van der Waals surface area contributed by atoms with E-state index in [4.69, 9.17) is 11.6 Å². The monoisotopic (exact) mass is 393 g/mol. The fraction of sp³-hybridized carbons (Fsp3) is 0.263. The standard InChI is InChI=1S/C19H18ClF2N3O2/c20-14-3-1-4-17(11-14)23-19(27)25-6-2-5-24(7-8-25)18(26)13-9-15(21)12-16(22)10-13/h1,3-4,9-12H,2,5-8H2,(H,23,27). The number of hydrogen-bond acceptors (Lipinski definition) is 2. The van der Waals surface area contributed by atoms with Crippen LogP contribution in [0.2, 0.25) is 5.02 Å². The molecule has 1 aliphatic heterocycles. The van der Waals surface area contributed by atoms with Gasteiger partial charge in [0.05, 0.1) is 0 Å². The van der Waals surface area contributed by atoms with E-state index < -0.39 is 17.5 Å². The smallest absolute Gasteiger partial charge is 0.321 e. The minimum Gasteiger partial charge on any atom is -0.337 e. The average molecular weight is 394 g/mol. The molecule has 0 aliphatic carbocycles. The molecular weight excluding hydrogens is 376 g/mol. The first-order chi connectivity index (χ1) is 12.9. The Labute approximate surface area is 160 Å². The van der Waals surface area contributed by atoms with E-state index in [2.05, 4.69) is 5.32 Å². The molecule has 1 saturated heterocycles. The van der Waals surface area contributed by atoms with Gasteiger partial charge in [0.25, 0.3) is 5.91 Å². The molecular formula is C19H18ClF2N3O2. The normalized spacial score (nSPS) is 14.6. The quantitative estimate of drug-likeness (QED) is 0.838. The van der Waals surface area contributed by atoms with Crippen LogP contribution in [0.1, 0.15) is 16.8 Å². The van der Waals surface area contributed by atoms with Crippen LogP contribution in [0.5, 0.6) is 0 Å². The van der Waals surface area contributed by atoms with Crippen LogP contribution in [-0.4, -0.2) is 47.9 Å². The molecule has 0 saturated carbocycles. The molecule has 0 bridgehead atoms. The maximum atomic E-state index is 13.4. The third-order valence-electron chi connectivity index (χ3n) is 4.26. The van der Waals surface area contributed by atoms with Gasteiger partial charge < -0.3 is 15.1 Å². The summed E-state index contributed by atoms with van der Waals surface area (Å²) in [6, 6.07) is 9.28. The number of benzene rings is 2. The highest BCUT2D eigenvalue weighted by molar-refractivity contribution is 6.30. The maximum Gasteiger partial charge on any atom is 0.321 e. The molecule has 3 rings (SSSR count). The molecule has 5 nitrogen and oxygen atoms in total. The van der Waals surface area contributed by atoms with Crippen molar-refractivity contribution in [2.75, 3.05) is 31.5 Å². The highest BCUT2D eigenvalue weighted by Crippen LogP contribution is 2.17. The Morgan fingerprint density at radius 2 is 1.59 bits per heavy atom. The van der Waals surface area contributed by atoms with E-state index in [0.29, 0.717) is 36.8 Å². The Balaban J connectivity index is 1.62. The van der Waals surface area contributed by atoms with Gasteiger partial charge in [-0.1, -0.05) is 17.7 Å². The molecule has 27 heavy (non-hydrogen) atoms. The first-order valence-electron chi connectivity index (χ1n) is 8.49. The second-order valence-corrected chi connectivity index (χ2v) is 6.67. The number of hydrogen-bond donors (Lipinski definition) is 1. The predicted octanol–water partition coefficient (Wildman–Crippen LogP) is 4.00. The molecule has 1 aliphatic rings. The summed E-state index contributed by atoms with van der Waals surface area (Å²) in [5.74, 6) is -2.04. The first-order valence-corrected chi connectivity index (χ1v) is 8.87. The van der Waals surface area contributed by atoms with Crippen molar-refractivity contribution in [1.29, 1.82) is 0 Å². The van der Waals surface area contributed by atoms with Crippen LogP contribution >= 0.6 is 11.6 Å². The number of halogens is 3. The van der Waals surface area contributed by atoms with E-state index in [1.54, 1.807) is 29.2 Å². The lowest BCUT2D eigenvalue weighted by Gasteiger charge is -2.22. The Bertz CT molecular complexity index is 842. The minimum atomic E-state index is -0.796. The predicted molar refractivity (Wildman–Crippen MR) is 98.9 cm³/mol. The number of anilines is 1. The molecule has 1 N–H and O–H groups in total. The Morgan fingerprint density at radius 3 is 2.30 bits per heavy atom. The van der Waals surface area contributed by atoms with Crippen molar-refractivity contribution in [3.63, 3.8) is 0 Å². The largest absolute Gasteiger partial charge is 0.337 e. The van der Waals surface area contributed by atoms with Crippen LogP contribution in [0.15, 0.2) is 42.5 Å². The Hall–Kier alpha value is -2.67. The summed E-state index contributed by atoms with van der Waals surface area (Å²) in [5.41, 5.74) is 0.546.